The van der Waals surface area contributed by atoms with Crippen LogP contribution in [0.15, 0.2) is 45.7 Å². The number of aliphatic hydroxyl groups excluding tert-OH is 1. The summed E-state index contributed by atoms with van der Waals surface area (Å²) in [6.07, 6.45) is -1.38. The Balaban J connectivity index is 1.87. The number of nitrogens with one attached hydrogen (secondary N) is 1. The number of benzene rings is 2. The number of nitrogens with zero attached hydrogens (tertiary/aromatic N) is 3. The van der Waals surface area contributed by atoms with Crippen LogP contribution in [0.1, 0.15) is 45.6 Å². The van der Waals surface area contributed by atoms with Crippen LogP contribution >= 0.6 is 11.6 Å². The Morgan fingerprint density at radius 3 is 2.51 bits per heavy atom. The molecule has 3 aromatic rings. The number of hydrogen-bond acceptors (Lipinski definition) is 8. The second-order valence-electron chi connectivity index (χ2n) is 10.3. The number of halogens is 2. The van der Waals surface area contributed by atoms with Gasteiger partial charge in [-0.1, -0.05) is 51.4 Å². The lowest BCUT2D eigenvalue weighted by molar-refractivity contribution is -0.133. The van der Waals surface area contributed by atoms with E-state index in [1.165, 1.54) is 6.07 Å². The van der Waals surface area contributed by atoms with E-state index >= 15 is 4.39 Å². The van der Waals surface area contributed by atoms with Gasteiger partial charge in [0.1, 0.15) is 18.0 Å². The Hall–Kier alpha value is -3.35. The molecule has 2 aromatic carbocycles. The van der Waals surface area contributed by atoms with Crippen molar-refractivity contribution in [2.45, 2.75) is 63.1 Å². The van der Waals surface area contributed by atoms with Crippen molar-refractivity contribution in [1.29, 1.82) is 0 Å². The lowest BCUT2D eigenvalue weighted by Crippen LogP contribution is -2.52. The lowest BCUT2D eigenvalue weighted by Gasteiger charge is -2.26. The van der Waals surface area contributed by atoms with E-state index in [1.807, 2.05) is 20.8 Å². The fraction of sp³-hybridized carbons (Fsp3) is 0.385. The molecule has 0 saturated heterocycles. The van der Waals surface area contributed by atoms with Crippen LogP contribution in [0.4, 0.5) is 10.1 Å². The zero-order valence-electron chi connectivity index (χ0n) is 21.7. The molecule has 2 N–H and O–H groups in total. The average molecular weight is 579 g/mol. The summed E-state index contributed by atoms with van der Waals surface area (Å²) in [5.41, 5.74) is -0.239. The van der Waals surface area contributed by atoms with Crippen LogP contribution in [0.5, 0.6) is 0 Å². The Morgan fingerprint density at radius 1 is 1.26 bits per heavy atom. The van der Waals surface area contributed by atoms with Crippen molar-refractivity contribution in [3.05, 3.63) is 58.7 Å². The summed E-state index contributed by atoms with van der Waals surface area (Å²) in [4.78, 5) is 26.9. The molecule has 39 heavy (non-hydrogen) atoms. The van der Waals surface area contributed by atoms with Gasteiger partial charge in [0, 0.05) is 10.4 Å². The third-order valence-electron chi connectivity index (χ3n) is 6.18. The Labute approximate surface area is 230 Å². The maximum Gasteiger partial charge on any atom is 0.250 e. The van der Waals surface area contributed by atoms with Crippen molar-refractivity contribution in [2.75, 3.05) is 10.7 Å². The zero-order valence-corrected chi connectivity index (χ0v) is 23.3. The molecule has 0 radical (unpaired) electrons. The van der Waals surface area contributed by atoms with Crippen molar-refractivity contribution in [3.63, 3.8) is 0 Å². The van der Waals surface area contributed by atoms with Gasteiger partial charge in [0.25, 0.3) is 11.8 Å². The van der Waals surface area contributed by atoms with Gasteiger partial charge in [0.15, 0.2) is 9.84 Å². The van der Waals surface area contributed by atoms with E-state index in [4.69, 9.17) is 16.0 Å². The molecule has 2 amide bonds. The molecular formula is C26H28ClFN4O6S. The average Bonchev–Trinajstić information content (AvgIpc) is 3.35. The quantitative estimate of drug-likeness (QED) is 0.453. The van der Waals surface area contributed by atoms with Crippen molar-refractivity contribution < 1.29 is 31.9 Å². The number of hydrogen-bond donors (Lipinski definition) is 2. The first kappa shape index (κ1) is 28.7. The van der Waals surface area contributed by atoms with Crippen molar-refractivity contribution in [3.8, 4) is 11.5 Å². The molecule has 10 nitrogen and oxygen atoms in total. The van der Waals surface area contributed by atoms with Crippen LogP contribution in [0.2, 0.25) is 5.02 Å². The predicted octanol–water partition coefficient (Wildman–Crippen LogP) is 3.40. The number of amides is 2. The minimum absolute atomic E-state index is 0.0590. The van der Waals surface area contributed by atoms with Gasteiger partial charge >= 0.3 is 0 Å². The summed E-state index contributed by atoms with van der Waals surface area (Å²) in [7, 11) is -4.30. The van der Waals surface area contributed by atoms with E-state index < -0.39 is 55.7 Å². The minimum atomic E-state index is -4.30. The molecule has 0 bridgehead atoms. The number of carbonyl (C=O) groups is 2. The highest BCUT2D eigenvalue weighted by Gasteiger charge is 2.40. The molecule has 1 aliphatic heterocycles. The van der Waals surface area contributed by atoms with Crippen molar-refractivity contribution in [2.24, 2.45) is 0 Å². The number of aliphatic hydroxyl groups is 1. The van der Waals surface area contributed by atoms with Crippen LogP contribution < -0.4 is 10.2 Å². The van der Waals surface area contributed by atoms with Gasteiger partial charge in [-0.05, 0) is 36.2 Å². The summed E-state index contributed by atoms with van der Waals surface area (Å²) in [5.74, 6) is -3.36. The molecule has 0 fully saturated rings. The monoisotopic (exact) mass is 578 g/mol. The van der Waals surface area contributed by atoms with Crippen LogP contribution in [-0.2, 0) is 31.4 Å². The lowest BCUT2D eigenvalue weighted by atomic mass is 9.97. The number of rotatable bonds is 6. The fourth-order valence-corrected chi connectivity index (χ4v) is 5.72. The molecular weight excluding hydrogens is 551 g/mol. The second kappa shape index (κ2) is 10.7. The van der Waals surface area contributed by atoms with Gasteiger partial charge in [-0.3, -0.25) is 9.59 Å². The molecule has 13 heteroatoms. The summed E-state index contributed by atoms with van der Waals surface area (Å²) < 4.78 is 47.9. The molecule has 2 heterocycles. The first-order chi connectivity index (χ1) is 18.2. The zero-order chi connectivity index (χ0) is 28.7. The molecule has 0 spiro atoms. The van der Waals surface area contributed by atoms with Gasteiger partial charge in [0.05, 0.1) is 28.4 Å². The predicted molar refractivity (Wildman–Crippen MR) is 141 cm³/mol. The van der Waals surface area contributed by atoms with Gasteiger partial charge < -0.3 is 19.7 Å². The Kier molecular flexibility index (Phi) is 7.84. The van der Waals surface area contributed by atoms with E-state index in [-0.39, 0.29) is 36.0 Å². The normalized spacial score (nSPS) is 17.9. The molecule has 2 atom stereocenters. The van der Waals surface area contributed by atoms with Gasteiger partial charge in [-0.25, -0.2) is 12.8 Å². The highest BCUT2D eigenvalue weighted by molar-refractivity contribution is 7.91. The van der Waals surface area contributed by atoms with E-state index in [9.17, 15) is 23.1 Å². The van der Waals surface area contributed by atoms with Crippen molar-refractivity contribution in [1.82, 2.24) is 15.5 Å². The molecule has 4 rings (SSSR count). The molecule has 1 aliphatic rings. The third-order valence-corrected chi connectivity index (χ3v) is 8.20. The first-order valence-corrected chi connectivity index (χ1v) is 14.2. The van der Waals surface area contributed by atoms with E-state index in [0.29, 0.717) is 10.6 Å². The van der Waals surface area contributed by atoms with Crippen LogP contribution in [0.25, 0.3) is 11.5 Å². The minimum Gasteiger partial charge on any atom is -0.420 e. The van der Waals surface area contributed by atoms with E-state index in [2.05, 4.69) is 15.5 Å². The molecule has 208 valence electrons. The summed E-state index contributed by atoms with van der Waals surface area (Å²) in [5, 5.41) is 20.6. The highest BCUT2D eigenvalue weighted by Crippen LogP contribution is 2.38. The largest absolute Gasteiger partial charge is 0.420 e. The van der Waals surface area contributed by atoms with E-state index in [0.717, 1.165) is 11.0 Å². The third kappa shape index (κ3) is 5.97. The van der Waals surface area contributed by atoms with Crippen molar-refractivity contribution >= 4 is 38.9 Å². The van der Waals surface area contributed by atoms with Gasteiger partial charge in [0.2, 0.25) is 11.8 Å². The topological polar surface area (TPSA) is 143 Å². The summed E-state index contributed by atoms with van der Waals surface area (Å²) in [6.45, 7) is 6.94. The second-order valence-corrected chi connectivity index (χ2v) is 12.7. The molecule has 0 saturated carbocycles. The molecule has 0 aliphatic carbocycles. The number of fused-ring (bicyclic) bond motifs is 1. The van der Waals surface area contributed by atoms with E-state index in [1.54, 1.807) is 31.2 Å². The standard InChI is InChI=1S/C26H28ClFN4O6S/c1-5-20(33)22(34)29-18-13-39(36,37)21-11-17(28)16(23-30-31-25(38-23)26(2,3)4)10-19(21)32(24(18)35)12-14-6-8-15(27)9-7-14/h6-11,18,20,33H,5,12-13H2,1-4H3,(H,29,34)/t18-,20?/m0/s1. The van der Waals surface area contributed by atoms with Gasteiger partial charge in [-0.2, -0.15) is 0 Å². The first-order valence-electron chi connectivity index (χ1n) is 12.2. The van der Waals surface area contributed by atoms with Crippen LogP contribution in [0.3, 0.4) is 0 Å². The SMILES string of the molecule is CCC(O)C(=O)N[C@H]1CS(=O)(=O)c2cc(F)c(-c3nnc(C(C)(C)C)o3)cc2N(Cc2ccc(Cl)cc2)C1=O. The number of anilines is 1. The fourth-order valence-electron chi connectivity index (χ4n) is 3.98. The number of aromatic nitrogens is 2. The van der Waals surface area contributed by atoms with Gasteiger partial charge in [-0.15, -0.1) is 10.2 Å². The maximum atomic E-state index is 15.4. The summed E-state index contributed by atoms with van der Waals surface area (Å²) >= 11 is 6.00. The Bertz CT molecular complexity index is 1520. The maximum absolute atomic E-state index is 15.4. The number of carbonyl (C=O) groups excluding carboxylic acids is 2. The number of sulfone groups is 1. The Morgan fingerprint density at radius 2 is 1.92 bits per heavy atom. The molecule has 1 unspecified atom stereocenters. The molecule has 1 aromatic heterocycles. The highest BCUT2D eigenvalue weighted by atomic mass is 35.5. The van der Waals surface area contributed by atoms with Crippen LogP contribution in [0, 0.1) is 5.82 Å². The summed E-state index contributed by atoms with van der Waals surface area (Å²) in [6, 6.07) is 6.98. The van der Waals surface area contributed by atoms with Crippen LogP contribution in [-0.4, -0.2) is 53.4 Å². The smallest absolute Gasteiger partial charge is 0.250 e.